The van der Waals surface area contributed by atoms with Crippen molar-refractivity contribution in [2.24, 2.45) is 11.7 Å². The Morgan fingerprint density at radius 1 is 1.33 bits per heavy atom. The summed E-state index contributed by atoms with van der Waals surface area (Å²) in [6, 6.07) is 5.56. The summed E-state index contributed by atoms with van der Waals surface area (Å²) in [4.78, 5) is 46.8. The Bertz CT molecular complexity index is 770. The van der Waals surface area contributed by atoms with Crippen molar-refractivity contribution in [3.05, 3.63) is 51.2 Å². The standard InChI is InChI=1S/C15H15N3O6/c1-7-10(15(21)24-2)11(12(13(16)19)14(20)17-7)8-5-3-4-6-9(8)18(22)23/h3-6,11-12H,1-2H3,(H2,16,19)(H,17,20). The Kier molecular flexibility index (Phi) is 4.63. The maximum absolute atomic E-state index is 12.2. The van der Waals surface area contributed by atoms with Gasteiger partial charge in [-0.25, -0.2) is 4.79 Å². The van der Waals surface area contributed by atoms with Gasteiger partial charge in [0, 0.05) is 23.2 Å². The molecule has 1 aromatic carbocycles. The molecule has 0 radical (unpaired) electrons. The van der Waals surface area contributed by atoms with E-state index in [0.29, 0.717) is 0 Å². The molecule has 0 aliphatic carbocycles. The number of primary amides is 1. The molecule has 0 aromatic heterocycles. The number of nitro groups is 1. The zero-order valence-corrected chi connectivity index (χ0v) is 12.9. The molecule has 0 saturated heterocycles. The van der Waals surface area contributed by atoms with E-state index >= 15 is 0 Å². The van der Waals surface area contributed by atoms with Gasteiger partial charge in [0.15, 0.2) is 0 Å². The molecule has 2 atom stereocenters. The van der Waals surface area contributed by atoms with Gasteiger partial charge in [0.05, 0.1) is 17.6 Å². The average Bonchev–Trinajstić information content (AvgIpc) is 2.52. The number of rotatable bonds is 4. The van der Waals surface area contributed by atoms with Gasteiger partial charge in [-0.15, -0.1) is 0 Å². The number of amides is 2. The number of carbonyl (C=O) groups excluding carboxylic acids is 3. The number of nitro benzene ring substituents is 1. The highest BCUT2D eigenvalue weighted by molar-refractivity contribution is 6.06. The lowest BCUT2D eigenvalue weighted by atomic mass is 9.76. The van der Waals surface area contributed by atoms with Crippen LogP contribution < -0.4 is 11.1 Å². The summed E-state index contributed by atoms with van der Waals surface area (Å²) >= 11 is 0. The van der Waals surface area contributed by atoms with Crippen LogP contribution in [0.15, 0.2) is 35.5 Å². The smallest absolute Gasteiger partial charge is 0.336 e. The first-order chi connectivity index (χ1) is 11.3. The van der Waals surface area contributed by atoms with Crippen molar-refractivity contribution >= 4 is 23.5 Å². The predicted octanol–water partition coefficient (Wildman–Crippen LogP) is 0.357. The van der Waals surface area contributed by atoms with Gasteiger partial charge in [-0.2, -0.15) is 0 Å². The predicted molar refractivity (Wildman–Crippen MR) is 81.4 cm³/mol. The molecular formula is C15H15N3O6. The summed E-state index contributed by atoms with van der Waals surface area (Å²) in [6.45, 7) is 1.45. The average molecular weight is 333 g/mol. The molecule has 9 nitrogen and oxygen atoms in total. The normalized spacial score (nSPS) is 20.3. The summed E-state index contributed by atoms with van der Waals surface area (Å²) < 4.78 is 4.71. The second-order valence-corrected chi connectivity index (χ2v) is 5.19. The first-order valence-corrected chi connectivity index (χ1v) is 6.92. The summed E-state index contributed by atoms with van der Waals surface area (Å²) in [6.07, 6.45) is 0. The maximum Gasteiger partial charge on any atom is 0.336 e. The van der Waals surface area contributed by atoms with E-state index in [0.717, 1.165) is 7.11 Å². The lowest BCUT2D eigenvalue weighted by Crippen LogP contribution is -2.47. The zero-order chi connectivity index (χ0) is 18.0. The number of hydrogen-bond acceptors (Lipinski definition) is 6. The fraction of sp³-hybridized carbons (Fsp3) is 0.267. The van der Waals surface area contributed by atoms with Crippen molar-refractivity contribution in [1.29, 1.82) is 0 Å². The molecule has 0 spiro atoms. The fourth-order valence-electron chi connectivity index (χ4n) is 2.82. The number of allylic oxidation sites excluding steroid dienone is 1. The van der Waals surface area contributed by atoms with E-state index in [1.165, 1.54) is 31.2 Å². The van der Waals surface area contributed by atoms with Gasteiger partial charge in [-0.3, -0.25) is 19.7 Å². The van der Waals surface area contributed by atoms with Crippen molar-refractivity contribution in [2.45, 2.75) is 12.8 Å². The molecule has 0 fully saturated rings. The number of nitrogens with two attached hydrogens (primary N) is 1. The lowest BCUT2D eigenvalue weighted by molar-refractivity contribution is -0.385. The summed E-state index contributed by atoms with van der Waals surface area (Å²) in [5.74, 6) is -5.20. The SMILES string of the molecule is COC(=O)C1=C(C)NC(=O)C(C(N)=O)C1c1ccccc1[N+](=O)[O-]. The number of nitrogens with one attached hydrogen (secondary N) is 1. The van der Waals surface area contributed by atoms with Gasteiger partial charge in [0.25, 0.3) is 5.69 Å². The highest BCUT2D eigenvalue weighted by Crippen LogP contribution is 2.41. The van der Waals surface area contributed by atoms with Gasteiger partial charge >= 0.3 is 5.97 Å². The number of nitrogens with zero attached hydrogens (tertiary/aromatic N) is 1. The molecule has 0 bridgehead atoms. The molecule has 3 N–H and O–H groups in total. The Labute approximate surface area is 136 Å². The van der Waals surface area contributed by atoms with E-state index in [1.54, 1.807) is 0 Å². The molecule has 2 rings (SSSR count). The van der Waals surface area contributed by atoms with Gasteiger partial charge in [0.2, 0.25) is 11.8 Å². The Balaban J connectivity index is 2.78. The number of ether oxygens (including phenoxy) is 1. The van der Waals surface area contributed by atoms with Gasteiger partial charge < -0.3 is 15.8 Å². The maximum atomic E-state index is 12.2. The van der Waals surface area contributed by atoms with Crippen LogP contribution in [0.5, 0.6) is 0 Å². The molecular weight excluding hydrogens is 318 g/mol. The molecule has 1 aliphatic heterocycles. The monoisotopic (exact) mass is 333 g/mol. The van der Waals surface area contributed by atoms with Gasteiger partial charge in [-0.05, 0) is 6.92 Å². The number of para-hydroxylation sites is 1. The van der Waals surface area contributed by atoms with Gasteiger partial charge in [0.1, 0.15) is 5.92 Å². The highest BCUT2D eigenvalue weighted by atomic mass is 16.6. The van der Waals surface area contributed by atoms with Crippen LogP contribution in [0, 0.1) is 16.0 Å². The molecule has 24 heavy (non-hydrogen) atoms. The minimum atomic E-state index is -1.47. The minimum absolute atomic E-state index is 0.0425. The third-order valence-corrected chi connectivity index (χ3v) is 3.82. The van der Waals surface area contributed by atoms with Crippen molar-refractivity contribution in [1.82, 2.24) is 5.32 Å². The van der Waals surface area contributed by atoms with Crippen LogP contribution in [-0.2, 0) is 19.1 Å². The van der Waals surface area contributed by atoms with Crippen molar-refractivity contribution in [2.75, 3.05) is 7.11 Å². The van der Waals surface area contributed by atoms with Crippen molar-refractivity contribution in [3.8, 4) is 0 Å². The molecule has 2 unspecified atom stereocenters. The van der Waals surface area contributed by atoms with Crippen LogP contribution in [0.3, 0.4) is 0 Å². The van der Waals surface area contributed by atoms with E-state index in [2.05, 4.69) is 5.32 Å². The number of carbonyl (C=O) groups is 3. The zero-order valence-electron chi connectivity index (χ0n) is 12.9. The van der Waals surface area contributed by atoms with E-state index in [9.17, 15) is 24.5 Å². The highest BCUT2D eigenvalue weighted by Gasteiger charge is 2.46. The summed E-state index contributed by atoms with van der Waals surface area (Å²) in [7, 11) is 1.13. The molecule has 1 aliphatic rings. The molecule has 126 valence electrons. The number of esters is 1. The second-order valence-electron chi connectivity index (χ2n) is 5.19. The van der Waals surface area contributed by atoms with E-state index in [4.69, 9.17) is 10.5 Å². The van der Waals surface area contributed by atoms with Crippen LogP contribution in [0.4, 0.5) is 5.69 Å². The van der Waals surface area contributed by atoms with Crippen LogP contribution in [-0.4, -0.2) is 29.8 Å². The van der Waals surface area contributed by atoms with Crippen LogP contribution in [0.1, 0.15) is 18.4 Å². The third-order valence-electron chi connectivity index (χ3n) is 3.82. The van der Waals surface area contributed by atoms with Gasteiger partial charge in [-0.1, -0.05) is 18.2 Å². The molecule has 0 saturated carbocycles. The Morgan fingerprint density at radius 2 is 1.96 bits per heavy atom. The van der Waals surface area contributed by atoms with Crippen molar-refractivity contribution < 1.29 is 24.0 Å². The first-order valence-electron chi connectivity index (χ1n) is 6.92. The molecule has 1 aromatic rings. The van der Waals surface area contributed by atoms with E-state index in [-0.39, 0.29) is 22.5 Å². The fourth-order valence-corrected chi connectivity index (χ4v) is 2.82. The molecule has 9 heteroatoms. The second kappa shape index (κ2) is 6.49. The topological polar surface area (TPSA) is 142 Å². The first kappa shape index (κ1) is 17.1. The minimum Gasteiger partial charge on any atom is -0.466 e. The van der Waals surface area contributed by atoms with E-state index < -0.39 is 34.5 Å². The molecule has 1 heterocycles. The Hall–Kier alpha value is -3.23. The van der Waals surface area contributed by atoms with Crippen LogP contribution >= 0.6 is 0 Å². The van der Waals surface area contributed by atoms with Crippen LogP contribution in [0.2, 0.25) is 0 Å². The summed E-state index contributed by atoms with van der Waals surface area (Å²) in [5.41, 5.74) is 5.15. The quantitative estimate of drug-likeness (QED) is 0.352. The van der Waals surface area contributed by atoms with E-state index in [1.807, 2.05) is 0 Å². The largest absolute Gasteiger partial charge is 0.466 e. The Morgan fingerprint density at radius 3 is 2.50 bits per heavy atom. The third kappa shape index (κ3) is 2.83. The number of methoxy groups -OCH3 is 1. The lowest BCUT2D eigenvalue weighted by Gasteiger charge is -2.31. The number of benzene rings is 1. The summed E-state index contributed by atoms with van der Waals surface area (Å²) in [5, 5.41) is 13.7. The van der Waals surface area contributed by atoms with Crippen molar-refractivity contribution in [3.63, 3.8) is 0 Å². The van der Waals surface area contributed by atoms with Crippen LogP contribution in [0.25, 0.3) is 0 Å². The molecule has 2 amide bonds. The number of hydrogen-bond donors (Lipinski definition) is 2.